The van der Waals surface area contributed by atoms with Crippen molar-refractivity contribution in [3.63, 3.8) is 0 Å². The highest BCUT2D eigenvalue weighted by Gasteiger charge is 2.08. The van der Waals surface area contributed by atoms with Gasteiger partial charge in [0.05, 0.1) is 5.02 Å². The molecule has 86 valence electrons. The average Bonchev–Trinajstić information content (AvgIpc) is 2.29. The minimum atomic E-state index is -0.667. The van der Waals surface area contributed by atoms with E-state index in [4.69, 9.17) is 11.6 Å². The number of carbonyl (C=O) groups excluding carboxylic acids is 1. The highest BCUT2D eigenvalue weighted by atomic mass is 35.5. The monoisotopic (exact) mass is 252 g/mol. The summed E-state index contributed by atoms with van der Waals surface area (Å²) in [4.78, 5) is 10.6. The zero-order chi connectivity index (χ0) is 12.4. The van der Waals surface area contributed by atoms with Gasteiger partial charge in [-0.1, -0.05) is 17.7 Å². The second-order valence-corrected chi connectivity index (χ2v) is 3.89. The lowest BCUT2D eigenvalue weighted by atomic mass is 10.0. The standard InChI is InChI=1S/C13H7ClF2O/c14-12-5-8(1-2-9(12)7-17)11-4-3-10(15)6-13(11)16/h1-7H. The van der Waals surface area contributed by atoms with Crippen LogP contribution in [-0.4, -0.2) is 6.29 Å². The molecule has 0 N–H and O–H groups in total. The first-order valence-electron chi connectivity index (χ1n) is 4.82. The zero-order valence-corrected chi connectivity index (χ0v) is 9.34. The van der Waals surface area contributed by atoms with E-state index in [2.05, 4.69) is 0 Å². The molecular weight excluding hydrogens is 246 g/mol. The Balaban J connectivity index is 2.53. The molecule has 0 bridgehead atoms. The molecular formula is C13H7ClF2O. The summed E-state index contributed by atoms with van der Waals surface area (Å²) in [6.45, 7) is 0. The van der Waals surface area contributed by atoms with Crippen LogP contribution in [0.2, 0.25) is 5.02 Å². The maximum absolute atomic E-state index is 13.5. The van der Waals surface area contributed by atoms with Crippen LogP contribution in [0.5, 0.6) is 0 Å². The quantitative estimate of drug-likeness (QED) is 0.736. The fourth-order valence-corrected chi connectivity index (χ4v) is 1.74. The van der Waals surface area contributed by atoms with Crippen LogP contribution in [0.1, 0.15) is 10.4 Å². The molecule has 2 aromatic rings. The third-order valence-electron chi connectivity index (χ3n) is 2.37. The van der Waals surface area contributed by atoms with E-state index in [0.29, 0.717) is 17.4 Å². The number of carbonyl (C=O) groups is 1. The van der Waals surface area contributed by atoms with Crippen molar-refractivity contribution in [1.29, 1.82) is 0 Å². The lowest BCUT2D eigenvalue weighted by Crippen LogP contribution is -1.88. The van der Waals surface area contributed by atoms with Crippen molar-refractivity contribution < 1.29 is 13.6 Å². The molecule has 2 rings (SSSR count). The lowest BCUT2D eigenvalue weighted by Gasteiger charge is -2.05. The molecule has 0 spiro atoms. The predicted molar refractivity (Wildman–Crippen MR) is 62.2 cm³/mol. The van der Waals surface area contributed by atoms with E-state index in [0.717, 1.165) is 6.07 Å². The van der Waals surface area contributed by atoms with Gasteiger partial charge in [0.2, 0.25) is 0 Å². The number of hydrogen-bond donors (Lipinski definition) is 0. The van der Waals surface area contributed by atoms with E-state index in [9.17, 15) is 13.6 Å². The molecule has 0 heterocycles. The van der Waals surface area contributed by atoms with Gasteiger partial charge < -0.3 is 0 Å². The molecule has 0 fully saturated rings. The minimum absolute atomic E-state index is 0.237. The van der Waals surface area contributed by atoms with E-state index in [1.807, 2.05) is 0 Å². The predicted octanol–water partition coefficient (Wildman–Crippen LogP) is 4.10. The van der Waals surface area contributed by atoms with Crippen molar-refractivity contribution in [2.75, 3.05) is 0 Å². The second-order valence-electron chi connectivity index (χ2n) is 3.48. The Kier molecular flexibility index (Phi) is 3.20. The molecule has 0 unspecified atom stereocenters. The maximum atomic E-state index is 13.5. The Hall–Kier alpha value is -1.74. The van der Waals surface area contributed by atoms with E-state index in [-0.39, 0.29) is 10.6 Å². The molecule has 0 radical (unpaired) electrons. The summed E-state index contributed by atoms with van der Waals surface area (Å²) in [6, 6.07) is 7.83. The summed E-state index contributed by atoms with van der Waals surface area (Å²) < 4.78 is 26.2. The summed E-state index contributed by atoms with van der Waals surface area (Å²) in [5.41, 5.74) is 1.07. The molecule has 2 aromatic carbocycles. The molecule has 0 aliphatic carbocycles. The summed E-state index contributed by atoms with van der Waals surface area (Å²) in [6.07, 6.45) is 0.618. The Morgan fingerprint density at radius 1 is 1.06 bits per heavy atom. The van der Waals surface area contributed by atoms with Gasteiger partial charge in [-0.05, 0) is 29.8 Å². The first-order chi connectivity index (χ1) is 8.11. The van der Waals surface area contributed by atoms with Gasteiger partial charge in [-0.25, -0.2) is 8.78 Å². The van der Waals surface area contributed by atoms with Crippen LogP contribution in [-0.2, 0) is 0 Å². The third-order valence-corrected chi connectivity index (χ3v) is 2.70. The topological polar surface area (TPSA) is 17.1 Å². The van der Waals surface area contributed by atoms with Crippen molar-refractivity contribution in [3.8, 4) is 11.1 Å². The second kappa shape index (κ2) is 4.63. The molecule has 0 amide bonds. The van der Waals surface area contributed by atoms with Crippen LogP contribution in [0.4, 0.5) is 8.78 Å². The van der Waals surface area contributed by atoms with Crippen molar-refractivity contribution in [3.05, 3.63) is 58.6 Å². The summed E-state index contributed by atoms with van der Waals surface area (Å²) in [5.74, 6) is -1.30. The summed E-state index contributed by atoms with van der Waals surface area (Å²) in [7, 11) is 0. The molecule has 0 atom stereocenters. The van der Waals surface area contributed by atoms with Crippen LogP contribution in [0.25, 0.3) is 11.1 Å². The van der Waals surface area contributed by atoms with Gasteiger partial charge in [0.15, 0.2) is 6.29 Å². The molecule has 1 nitrogen and oxygen atoms in total. The zero-order valence-electron chi connectivity index (χ0n) is 8.58. The molecule has 0 aromatic heterocycles. The SMILES string of the molecule is O=Cc1ccc(-c2ccc(F)cc2F)cc1Cl. The summed E-state index contributed by atoms with van der Waals surface area (Å²) >= 11 is 5.84. The van der Waals surface area contributed by atoms with Gasteiger partial charge in [0, 0.05) is 17.2 Å². The maximum Gasteiger partial charge on any atom is 0.151 e. The Morgan fingerprint density at radius 2 is 1.82 bits per heavy atom. The van der Waals surface area contributed by atoms with Gasteiger partial charge in [0.25, 0.3) is 0 Å². The van der Waals surface area contributed by atoms with Crippen LogP contribution in [0, 0.1) is 11.6 Å². The smallest absolute Gasteiger partial charge is 0.151 e. The van der Waals surface area contributed by atoms with Crippen LogP contribution >= 0.6 is 11.6 Å². The minimum Gasteiger partial charge on any atom is -0.298 e. The third kappa shape index (κ3) is 2.34. The van der Waals surface area contributed by atoms with E-state index >= 15 is 0 Å². The first-order valence-corrected chi connectivity index (χ1v) is 5.20. The van der Waals surface area contributed by atoms with Gasteiger partial charge in [-0.2, -0.15) is 0 Å². The number of rotatable bonds is 2. The number of benzene rings is 2. The Labute approximate surface area is 102 Å². The highest BCUT2D eigenvalue weighted by molar-refractivity contribution is 6.33. The largest absolute Gasteiger partial charge is 0.298 e. The van der Waals surface area contributed by atoms with Crippen molar-refractivity contribution in [2.45, 2.75) is 0 Å². The molecule has 17 heavy (non-hydrogen) atoms. The van der Waals surface area contributed by atoms with Gasteiger partial charge in [-0.3, -0.25) is 4.79 Å². The number of aldehydes is 1. The Bertz CT molecular complexity index is 582. The van der Waals surface area contributed by atoms with Gasteiger partial charge >= 0.3 is 0 Å². The molecule has 0 saturated carbocycles. The van der Waals surface area contributed by atoms with Crippen LogP contribution in [0.3, 0.4) is 0 Å². The van der Waals surface area contributed by atoms with E-state index < -0.39 is 11.6 Å². The fraction of sp³-hybridized carbons (Fsp3) is 0. The lowest BCUT2D eigenvalue weighted by molar-refractivity contribution is 0.112. The number of halogens is 3. The van der Waals surface area contributed by atoms with Crippen molar-refractivity contribution in [1.82, 2.24) is 0 Å². The Morgan fingerprint density at radius 3 is 2.41 bits per heavy atom. The van der Waals surface area contributed by atoms with E-state index in [1.54, 1.807) is 6.07 Å². The van der Waals surface area contributed by atoms with Crippen molar-refractivity contribution >= 4 is 17.9 Å². The number of hydrogen-bond acceptors (Lipinski definition) is 1. The van der Waals surface area contributed by atoms with Crippen LogP contribution in [0.15, 0.2) is 36.4 Å². The normalized spacial score (nSPS) is 10.3. The summed E-state index contributed by atoms with van der Waals surface area (Å²) in [5, 5.41) is 0.237. The average molecular weight is 253 g/mol. The molecule has 0 saturated heterocycles. The fourth-order valence-electron chi connectivity index (χ4n) is 1.51. The van der Waals surface area contributed by atoms with Crippen molar-refractivity contribution in [2.24, 2.45) is 0 Å². The molecule has 4 heteroatoms. The van der Waals surface area contributed by atoms with Crippen LogP contribution < -0.4 is 0 Å². The first kappa shape index (κ1) is 11.7. The van der Waals surface area contributed by atoms with Gasteiger partial charge in [0.1, 0.15) is 11.6 Å². The molecule has 0 aliphatic rings. The van der Waals surface area contributed by atoms with Gasteiger partial charge in [-0.15, -0.1) is 0 Å². The molecule has 0 aliphatic heterocycles. The highest BCUT2D eigenvalue weighted by Crippen LogP contribution is 2.27. The van der Waals surface area contributed by atoms with E-state index in [1.165, 1.54) is 24.3 Å².